The van der Waals surface area contributed by atoms with Crippen LogP contribution in [0.4, 0.5) is 11.8 Å². The van der Waals surface area contributed by atoms with Crippen LogP contribution >= 0.6 is 11.6 Å². The Morgan fingerprint density at radius 2 is 2.29 bits per heavy atom. The molecule has 1 aliphatic heterocycles. The first-order valence-electron chi connectivity index (χ1n) is 6.14. The van der Waals surface area contributed by atoms with Crippen LogP contribution in [0, 0.1) is 5.92 Å². The maximum absolute atomic E-state index is 6.20. The molecule has 0 radical (unpaired) electrons. The van der Waals surface area contributed by atoms with Gasteiger partial charge in [0.05, 0.1) is 6.20 Å². The molecule has 1 saturated heterocycles. The largest absolute Gasteiger partial charge is 0.354 e. The van der Waals surface area contributed by atoms with Gasteiger partial charge in [-0.15, -0.1) is 0 Å². The Balaban J connectivity index is 2.27. The van der Waals surface area contributed by atoms with Crippen LogP contribution in [-0.4, -0.2) is 29.1 Å². The van der Waals surface area contributed by atoms with Crippen molar-refractivity contribution in [1.82, 2.24) is 9.97 Å². The lowest BCUT2D eigenvalue weighted by molar-refractivity contribution is 0.625. The second kappa shape index (κ2) is 5.08. The van der Waals surface area contributed by atoms with Gasteiger partial charge in [0.15, 0.2) is 5.82 Å². The van der Waals surface area contributed by atoms with Gasteiger partial charge in [0, 0.05) is 19.1 Å². The van der Waals surface area contributed by atoms with Crippen molar-refractivity contribution in [2.45, 2.75) is 33.2 Å². The number of halogens is 1. The van der Waals surface area contributed by atoms with Crippen LogP contribution in [-0.2, 0) is 0 Å². The molecule has 0 saturated carbocycles. The maximum Gasteiger partial charge on any atom is 0.224 e. The molecule has 0 bridgehead atoms. The van der Waals surface area contributed by atoms with Crippen LogP contribution in [0.5, 0.6) is 0 Å². The molecule has 5 heteroatoms. The summed E-state index contributed by atoms with van der Waals surface area (Å²) in [5.74, 6) is 2.20. The number of hydrogen-bond donors (Lipinski definition) is 1. The lowest BCUT2D eigenvalue weighted by Gasteiger charge is -2.23. The van der Waals surface area contributed by atoms with Gasteiger partial charge < -0.3 is 10.2 Å². The zero-order chi connectivity index (χ0) is 12.4. The monoisotopic (exact) mass is 254 g/mol. The molecule has 1 aliphatic rings. The minimum absolute atomic E-state index is 0.492. The predicted molar refractivity (Wildman–Crippen MR) is 71.8 cm³/mol. The van der Waals surface area contributed by atoms with Crippen molar-refractivity contribution in [3.05, 3.63) is 11.2 Å². The Labute approximate surface area is 107 Å². The summed E-state index contributed by atoms with van der Waals surface area (Å²) in [6, 6.07) is 0.492. The summed E-state index contributed by atoms with van der Waals surface area (Å²) < 4.78 is 0. The first kappa shape index (κ1) is 12.4. The van der Waals surface area contributed by atoms with E-state index in [1.807, 2.05) is 6.92 Å². The minimum atomic E-state index is 0.492. The van der Waals surface area contributed by atoms with Gasteiger partial charge in [-0.2, -0.15) is 4.98 Å². The van der Waals surface area contributed by atoms with Gasteiger partial charge in [-0.3, -0.25) is 0 Å². The number of anilines is 2. The summed E-state index contributed by atoms with van der Waals surface area (Å²) in [5, 5.41) is 3.75. The summed E-state index contributed by atoms with van der Waals surface area (Å²) >= 11 is 6.20. The minimum Gasteiger partial charge on any atom is -0.354 e. The third kappa shape index (κ3) is 2.63. The Kier molecular flexibility index (Phi) is 3.72. The van der Waals surface area contributed by atoms with Crippen LogP contribution in [0.2, 0.25) is 5.02 Å². The van der Waals surface area contributed by atoms with E-state index in [1.54, 1.807) is 6.20 Å². The molecular formula is C12H19ClN4. The second-order valence-electron chi connectivity index (χ2n) is 4.74. The quantitative estimate of drug-likeness (QED) is 0.901. The number of nitrogens with zero attached hydrogens (tertiary/aromatic N) is 3. The first-order chi connectivity index (χ1) is 8.11. The number of nitrogens with one attached hydrogen (secondary N) is 1. The predicted octanol–water partition coefficient (Wildman–Crippen LogP) is 2.80. The van der Waals surface area contributed by atoms with Crippen molar-refractivity contribution in [3.8, 4) is 0 Å². The van der Waals surface area contributed by atoms with E-state index in [4.69, 9.17) is 11.6 Å². The number of aromatic nitrogens is 2. The van der Waals surface area contributed by atoms with Crippen LogP contribution in [0.15, 0.2) is 6.20 Å². The molecule has 1 aromatic heterocycles. The molecule has 1 fully saturated rings. The molecule has 0 aromatic carbocycles. The molecule has 0 aliphatic carbocycles. The molecule has 0 spiro atoms. The van der Waals surface area contributed by atoms with Gasteiger partial charge in [-0.1, -0.05) is 18.5 Å². The van der Waals surface area contributed by atoms with Gasteiger partial charge in [0.1, 0.15) is 5.02 Å². The number of rotatable bonds is 3. The number of hydrogen-bond acceptors (Lipinski definition) is 4. The molecule has 2 atom stereocenters. The Bertz CT molecular complexity index is 396. The fraction of sp³-hybridized carbons (Fsp3) is 0.667. The van der Waals surface area contributed by atoms with Crippen molar-refractivity contribution >= 4 is 23.4 Å². The van der Waals surface area contributed by atoms with Gasteiger partial charge in [0.2, 0.25) is 5.95 Å². The average molecular weight is 255 g/mol. The van der Waals surface area contributed by atoms with Crippen molar-refractivity contribution in [2.75, 3.05) is 23.3 Å². The van der Waals surface area contributed by atoms with Crippen LogP contribution in [0.1, 0.15) is 27.2 Å². The summed E-state index contributed by atoms with van der Waals surface area (Å²) in [6.45, 7) is 8.33. The molecule has 2 heterocycles. The molecule has 1 N–H and O–H groups in total. The first-order valence-corrected chi connectivity index (χ1v) is 6.52. The highest BCUT2D eigenvalue weighted by Crippen LogP contribution is 2.32. The highest BCUT2D eigenvalue weighted by molar-refractivity contribution is 6.32. The third-order valence-corrected chi connectivity index (χ3v) is 3.38. The van der Waals surface area contributed by atoms with Gasteiger partial charge in [0.25, 0.3) is 0 Å². The van der Waals surface area contributed by atoms with Crippen molar-refractivity contribution in [2.24, 2.45) is 5.92 Å². The summed E-state index contributed by atoms with van der Waals surface area (Å²) in [5.41, 5.74) is 0. The maximum atomic E-state index is 6.20. The Hall–Kier alpha value is -1.03. The highest BCUT2D eigenvalue weighted by atomic mass is 35.5. The standard InChI is InChI=1S/C12H19ClN4/c1-4-14-12-15-6-10(13)11(16-12)17-7-8(2)5-9(17)3/h6,8-9H,4-5,7H2,1-3H3,(H,14,15,16). The Morgan fingerprint density at radius 1 is 1.53 bits per heavy atom. The van der Waals surface area contributed by atoms with E-state index in [2.05, 4.69) is 34.0 Å². The molecule has 4 nitrogen and oxygen atoms in total. The van der Waals surface area contributed by atoms with Crippen molar-refractivity contribution < 1.29 is 0 Å². The van der Waals surface area contributed by atoms with E-state index in [0.717, 1.165) is 18.9 Å². The SMILES string of the molecule is CCNc1ncc(Cl)c(N2CC(C)CC2C)n1. The molecule has 0 amide bonds. The van der Waals surface area contributed by atoms with Crippen LogP contribution in [0.3, 0.4) is 0 Å². The van der Waals surface area contributed by atoms with Crippen LogP contribution in [0.25, 0.3) is 0 Å². The van der Waals surface area contributed by atoms with Crippen molar-refractivity contribution in [3.63, 3.8) is 0 Å². The summed E-state index contributed by atoms with van der Waals surface area (Å²) in [4.78, 5) is 10.9. The summed E-state index contributed by atoms with van der Waals surface area (Å²) in [7, 11) is 0. The second-order valence-corrected chi connectivity index (χ2v) is 5.14. The smallest absolute Gasteiger partial charge is 0.224 e. The van der Waals surface area contributed by atoms with Crippen LogP contribution < -0.4 is 10.2 Å². The molecule has 2 unspecified atom stereocenters. The van der Waals surface area contributed by atoms with Gasteiger partial charge in [-0.25, -0.2) is 4.98 Å². The molecule has 1 aromatic rings. The summed E-state index contributed by atoms with van der Waals surface area (Å²) in [6.07, 6.45) is 2.87. The highest BCUT2D eigenvalue weighted by Gasteiger charge is 2.28. The lowest BCUT2D eigenvalue weighted by atomic mass is 10.1. The zero-order valence-electron chi connectivity index (χ0n) is 10.6. The van der Waals surface area contributed by atoms with E-state index in [1.165, 1.54) is 6.42 Å². The fourth-order valence-electron chi connectivity index (χ4n) is 2.40. The van der Waals surface area contributed by atoms with Crippen molar-refractivity contribution in [1.29, 1.82) is 0 Å². The third-order valence-electron chi connectivity index (χ3n) is 3.12. The molecule has 2 rings (SSSR count). The van der Waals surface area contributed by atoms with Gasteiger partial charge in [-0.05, 0) is 26.2 Å². The lowest BCUT2D eigenvalue weighted by Crippen LogP contribution is -2.28. The van der Waals surface area contributed by atoms with E-state index in [-0.39, 0.29) is 0 Å². The van der Waals surface area contributed by atoms with Gasteiger partial charge >= 0.3 is 0 Å². The molecule has 17 heavy (non-hydrogen) atoms. The van der Waals surface area contributed by atoms with E-state index >= 15 is 0 Å². The van der Waals surface area contributed by atoms with E-state index < -0.39 is 0 Å². The van der Waals surface area contributed by atoms with E-state index in [9.17, 15) is 0 Å². The molecule has 94 valence electrons. The topological polar surface area (TPSA) is 41.1 Å². The fourth-order valence-corrected chi connectivity index (χ4v) is 2.60. The van der Waals surface area contributed by atoms with E-state index in [0.29, 0.717) is 22.9 Å². The Morgan fingerprint density at radius 3 is 2.88 bits per heavy atom. The molecular weight excluding hydrogens is 236 g/mol. The average Bonchev–Trinajstić information content (AvgIpc) is 2.61. The normalized spacial score (nSPS) is 24.1. The zero-order valence-corrected chi connectivity index (χ0v) is 11.3.